The van der Waals surface area contributed by atoms with Crippen molar-refractivity contribution in [1.29, 1.82) is 0 Å². The minimum atomic E-state index is -0.463. The van der Waals surface area contributed by atoms with Crippen molar-refractivity contribution in [2.75, 3.05) is 12.3 Å². The van der Waals surface area contributed by atoms with Crippen LogP contribution in [0.4, 0.5) is 5.82 Å². The summed E-state index contributed by atoms with van der Waals surface area (Å²) in [5, 5.41) is 6.33. The summed E-state index contributed by atoms with van der Waals surface area (Å²) in [6.07, 6.45) is 1.47. The lowest BCUT2D eigenvalue weighted by Crippen LogP contribution is -2.28. The molecule has 0 unspecified atom stereocenters. The summed E-state index contributed by atoms with van der Waals surface area (Å²) >= 11 is 0. The summed E-state index contributed by atoms with van der Waals surface area (Å²) in [5.74, 6) is -0.539. The predicted octanol–water partition coefficient (Wildman–Crippen LogP) is -1.39. The van der Waals surface area contributed by atoms with Crippen LogP contribution in [-0.4, -0.2) is 28.1 Å². The van der Waals surface area contributed by atoms with Gasteiger partial charge in [0.1, 0.15) is 11.4 Å². The molecule has 0 aromatic carbocycles. The fourth-order valence-electron chi connectivity index (χ4n) is 1.02. The van der Waals surface area contributed by atoms with Crippen LogP contribution >= 0.6 is 0 Å². The first-order chi connectivity index (χ1) is 7.02. The second-order valence-corrected chi connectivity index (χ2v) is 3.04. The number of carbonyl (C=O) groups is 2. The average Bonchev–Trinajstić information content (AvgIpc) is 2.47. The summed E-state index contributed by atoms with van der Waals surface area (Å²) in [5.41, 5.74) is 10.8. The Morgan fingerprint density at radius 2 is 2.27 bits per heavy atom. The molecular weight excluding hydrogens is 198 g/mol. The van der Waals surface area contributed by atoms with E-state index in [1.165, 1.54) is 10.9 Å². The van der Waals surface area contributed by atoms with E-state index in [1.807, 2.05) is 0 Å². The van der Waals surface area contributed by atoms with Gasteiger partial charge in [-0.1, -0.05) is 0 Å². The van der Waals surface area contributed by atoms with E-state index in [9.17, 15) is 9.59 Å². The molecule has 0 spiro atoms. The van der Waals surface area contributed by atoms with Gasteiger partial charge in [-0.3, -0.25) is 14.3 Å². The molecule has 7 nitrogen and oxygen atoms in total. The molecule has 0 saturated heterocycles. The molecular formula is C8H13N5O2. The van der Waals surface area contributed by atoms with Crippen LogP contribution in [0.1, 0.15) is 16.8 Å². The van der Waals surface area contributed by atoms with Crippen LogP contribution in [0, 0.1) is 0 Å². The number of carbonyl (C=O) groups excluding carboxylic acids is 2. The van der Waals surface area contributed by atoms with Gasteiger partial charge in [-0.15, -0.1) is 0 Å². The zero-order valence-electron chi connectivity index (χ0n) is 8.36. The number of nitrogen functional groups attached to an aromatic ring is 1. The number of nitrogens with one attached hydrogen (secondary N) is 1. The second kappa shape index (κ2) is 4.45. The Labute approximate surface area is 86.4 Å². The normalized spacial score (nSPS) is 9.93. The van der Waals surface area contributed by atoms with Gasteiger partial charge >= 0.3 is 0 Å². The number of hydrogen-bond acceptors (Lipinski definition) is 4. The van der Waals surface area contributed by atoms with Crippen LogP contribution < -0.4 is 16.8 Å². The molecule has 0 aliphatic carbocycles. The number of aromatic nitrogens is 2. The van der Waals surface area contributed by atoms with Gasteiger partial charge in [0.25, 0.3) is 5.91 Å². The highest BCUT2D eigenvalue weighted by atomic mass is 16.2. The van der Waals surface area contributed by atoms with Crippen LogP contribution in [0.5, 0.6) is 0 Å². The highest BCUT2D eigenvalue weighted by Gasteiger charge is 2.12. The average molecular weight is 211 g/mol. The third kappa shape index (κ3) is 2.70. The third-order valence-corrected chi connectivity index (χ3v) is 1.89. The fourth-order valence-corrected chi connectivity index (χ4v) is 1.02. The number of hydrogen-bond donors (Lipinski definition) is 3. The Kier molecular flexibility index (Phi) is 3.27. The Bertz CT molecular complexity index is 384. The molecule has 0 aliphatic rings. The maximum atomic E-state index is 11.5. The second-order valence-electron chi connectivity index (χ2n) is 3.04. The van der Waals surface area contributed by atoms with E-state index in [1.54, 1.807) is 7.05 Å². The molecule has 0 fully saturated rings. The van der Waals surface area contributed by atoms with Crippen LogP contribution in [0.15, 0.2) is 6.20 Å². The molecule has 0 radical (unpaired) electrons. The number of nitrogens with two attached hydrogens (primary N) is 2. The maximum absolute atomic E-state index is 11.5. The van der Waals surface area contributed by atoms with E-state index in [0.29, 0.717) is 5.56 Å². The molecule has 2 amide bonds. The van der Waals surface area contributed by atoms with Gasteiger partial charge in [-0.25, -0.2) is 0 Å². The first-order valence-electron chi connectivity index (χ1n) is 4.36. The number of primary amides is 1. The molecule has 0 atom stereocenters. The Hall–Kier alpha value is -2.05. The number of amides is 2. The van der Waals surface area contributed by atoms with Crippen LogP contribution in [0.2, 0.25) is 0 Å². The van der Waals surface area contributed by atoms with Gasteiger partial charge in [0.15, 0.2) is 0 Å². The van der Waals surface area contributed by atoms with E-state index in [-0.39, 0.29) is 24.7 Å². The number of anilines is 1. The summed E-state index contributed by atoms with van der Waals surface area (Å²) in [6, 6.07) is 0. The van der Waals surface area contributed by atoms with Crippen molar-refractivity contribution in [3.05, 3.63) is 11.8 Å². The number of nitrogens with zero attached hydrogens (tertiary/aromatic N) is 2. The van der Waals surface area contributed by atoms with Gasteiger partial charge in [0.2, 0.25) is 5.91 Å². The molecule has 1 aromatic rings. The summed E-state index contributed by atoms with van der Waals surface area (Å²) in [6.45, 7) is 0.197. The molecule has 15 heavy (non-hydrogen) atoms. The quantitative estimate of drug-likeness (QED) is 0.568. The molecule has 0 aliphatic heterocycles. The minimum absolute atomic E-state index is 0.103. The van der Waals surface area contributed by atoms with Crippen molar-refractivity contribution in [3.8, 4) is 0 Å². The van der Waals surface area contributed by atoms with Gasteiger partial charge in [0, 0.05) is 20.0 Å². The van der Waals surface area contributed by atoms with E-state index in [2.05, 4.69) is 10.4 Å². The summed E-state index contributed by atoms with van der Waals surface area (Å²) in [7, 11) is 1.63. The van der Waals surface area contributed by atoms with Crippen LogP contribution in [-0.2, 0) is 11.8 Å². The van der Waals surface area contributed by atoms with Crippen LogP contribution in [0.25, 0.3) is 0 Å². The molecule has 7 heteroatoms. The molecule has 82 valence electrons. The molecule has 0 saturated carbocycles. The lowest BCUT2D eigenvalue weighted by atomic mass is 10.3. The first kappa shape index (κ1) is 11.0. The lowest BCUT2D eigenvalue weighted by molar-refractivity contribution is -0.117. The standard InChI is InChI=1S/C8H13N5O2/c1-13-7(10)5(4-12-13)8(15)11-3-2-6(9)14/h4H,2-3,10H2,1H3,(H2,9,14)(H,11,15). The van der Waals surface area contributed by atoms with E-state index >= 15 is 0 Å². The van der Waals surface area contributed by atoms with Crippen molar-refractivity contribution >= 4 is 17.6 Å². The largest absolute Gasteiger partial charge is 0.383 e. The monoisotopic (exact) mass is 211 g/mol. The zero-order valence-corrected chi connectivity index (χ0v) is 8.36. The topological polar surface area (TPSA) is 116 Å². The fraction of sp³-hybridized carbons (Fsp3) is 0.375. The molecule has 5 N–H and O–H groups in total. The van der Waals surface area contributed by atoms with Gasteiger partial charge in [-0.05, 0) is 0 Å². The zero-order chi connectivity index (χ0) is 11.4. The van der Waals surface area contributed by atoms with Crippen LogP contribution in [0.3, 0.4) is 0 Å². The Morgan fingerprint density at radius 3 is 2.73 bits per heavy atom. The van der Waals surface area contributed by atoms with Crippen molar-refractivity contribution < 1.29 is 9.59 Å². The number of aryl methyl sites for hydroxylation is 1. The smallest absolute Gasteiger partial charge is 0.256 e. The summed E-state index contributed by atoms with van der Waals surface area (Å²) < 4.78 is 1.39. The van der Waals surface area contributed by atoms with E-state index in [4.69, 9.17) is 11.5 Å². The minimum Gasteiger partial charge on any atom is -0.383 e. The predicted molar refractivity (Wildman–Crippen MR) is 53.8 cm³/mol. The highest BCUT2D eigenvalue weighted by molar-refractivity contribution is 5.98. The van der Waals surface area contributed by atoms with Crippen molar-refractivity contribution in [3.63, 3.8) is 0 Å². The van der Waals surface area contributed by atoms with Gasteiger partial charge in [-0.2, -0.15) is 5.10 Å². The molecule has 1 aromatic heterocycles. The first-order valence-corrected chi connectivity index (χ1v) is 4.36. The van der Waals surface area contributed by atoms with Gasteiger partial charge in [0.05, 0.1) is 6.20 Å². The Morgan fingerprint density at radius 1 is 1.60 bits per heavy atom. The summed E-state index contributed by atoms with van der Waals surface area (Å²) in [4.78, 5) is 21.9. The van der Waals surface area contributed by atoms with E-state index in [0.717, 1.165) is 0 Å². The SMILES string of the molecule is Cn1ncc(C(=O)NCCC(N)=O)c1N. The van der Waals surface area contributed by atoms with E-state index < -0.39 is 5.91 Å². The third-order valence-electron chi connectivity index (χ3n) is 1.89. The van der Waals surface area contributed by atoms with Crippen molar-refractivity contribution in [1.82, 2.24) is 15.1 Å². The molecule has 1 rings (SSSR count). The Balaban J connectivity index is 2.54. The maximum Gasteiger partial charge on any atom is 0.256 e. The van der Waals surface area contributed by atoms with Crippen molar-refractivity contribution in [2.24, 2.45) is 12.8 Å². The molecule has 1 heterocycles. The highest BCUT2D eigenvalue weighted by Crippen LogP contribution is 2.08. The molecule has 0 bridgehead atoms. The lowest BCUT2D eigenvalue weighted by Gasteiger charge is -2.02. The van der Waals surface area contributed by atoms with Crippen molar-refractivity contribution in [2.45, 2.75) is 6.42 Å². The number of rotatable bonds is 4. The van der Waals surface area contributed by atoms with Gasteiger partial charge < -0.3 is 16.8 Å².